The zero-order valence-electron chi connectivity index (χ0n) is 12.9. The summed E-state index contributed by atoms with van der Waals surface area (Å²) in [5, 5.41) is 4.07. The summed E-state index contributed by atoms with van der Waals surface area (Å²) in [5.74, 6) is 1.000. The van der Waals surface area contributed by atoms with E-state index in [1.807, 2.05) is 31.2 Å². The second-order valence-corrected chi connectivity index (χ2v) is 5.62. The first-order chi connectivity index (χ1) is 11.1. The fraction of sp³-hybridized carbons (Fsp3) is 0.176. The summed E-state index contributed by atoms with van der Waals surface area (Å²) in [5.41, 5.74) is 4.12. The Morgan fingerprint density at radius 3 is 2.52 bits per heavy atom. The number of amides is 1. The first-order valence-corrected chi connectivity index (χ1v) is 7.73. The predicted molar refractivity (Wildman–Crippen MR) is 93.0 cm³/mol. The first-order valence-electron chi connectivity index (χ1n) is 6.94. The van der Waals surface area contributed by atoms with Crippen molar-refractivity contribution in [3.05, 3.63) is 58.6 Å². The summed E-state index contributed by atoms with van der Waals surface area (Å²) in [6.45, 7) is 1.72. The van der Waals surface area contributed by atoms with Crippen molar-refractivity contribution >= 4 is 27.5 Å². The molecule has 0 saturated heterocycles. The van der Waals surface area contributed by atoms with Gasteiger partial charge < -0.3 is 9.47 Å². The van der Waals surface area contributed by atoms with Gasteiger partial charge in [0.25, 0.3) is 5.91 Å². The Balaban J connectivity index is 1.85. The van der Waals surface area contributed by atoms with Crippen molar-refractivity contribution in [3.8, 4) is 11.5 Å². The third-order valence-electron chi connectivity index (χ3n) is 3.02. The zero-order chi connectivity index (χ0) is 16.7. The fourth-order valence-corrected chi connectivity index (χ4v) is 2.18. The minimum Gasteiger partial charge on any atom is -0.497 e. The van der Waals surface area contributed by atoms with Crippen LogP contribution in [0.1, 0.15) is 12.5 Å². The second kappa shape index (κ2) is 8.33. The van der Waals surface area contributed by atoms with E-state index in [2.05, 4.69) is 26.5 Å². The molecule has 0 aliphatic carbocycles. The van der Waals surface area contributed by atoms with Crippen LogP contribution in [-0.2, 0) is 4.79 Å². The maximum Gasteiger partial charge on any atom is 0.277 e. The largest absolute Gasteiger partial charge is 0.497 e. The number of rotatable bonds is 6. The maximum absolute atomic E-state index is 11.8. The van der Waals surface area contributed by atoms with Crippen LogP contribution in [-0.4, -0.2) is 25.3 Å². The molecule has 5 nitrogen and oxygen atoms in total. The van der Waals surface area contributed by atoms with Crippen molar-refractivity contribution in [2.45, 2.75) is 6.92 Å². The van der Waals surface area contributed by atoms with Crippen molar-refractivity contribution in [2.75, 3.05) is 13.7 Å². The number of hydrogen-bond donors (Lipinski definition) is 1. The number of hydrogen-bond acceptors (Lipinski definition) is 4. The van der Waals surface area contributed by atoms with Gasteiger partial charge >= 0.3 is 0 Å². The smallest absolute Gasteiger partial charge is 0.277 e. The molecule has 2 rings (SSSR count). The van der Waals surface area contributed by atoms with Crippen LogP contribution < -0.4 is 14.9 Å². The Morgan fingerprint density at radius 2 is 1.87 bits per heavy atom. The maximum atomic E-state index is 11.8. The van der Waals surface area contributed by atoms with E-state index in [0.29, 0.717) is 11.5 Å². The van der Waals surface area contributed by atoms with Crippen molar-refractivity contribution in [1.29, 1.82) is 0 Å². The third kappa shape index (κ3) is 5.41. The lowest BCUT2D eigenvalue weighted by Gasteiger charge is -2.07. The minimum absolute atomic E-state index is 0.110. The van der Waals surface area contributed by atoms with E-state index in [-0.39, 0.29) is 12.5 Å². The molecule has 0 radical (unpaired) electrons. The van der Waals surface area contributed by atoms with Gasteiger partial charge in [0.15, 0.2) is 6.61 Å². The van der Waals surface area contributed by atoms with Gasteiger partial charge in [0.1, 0.15) is 11.5 Å². The summed E-state index contributed by atoms with van der Waals surface area (Å²) >= 11 is 3.40. The SMILES string of the molecule is COc1ccc(OCC(=O)NN=C(C)c2cccc(Br)c2)cc1. The van der Waals surface area contributed by atoms with E-state index >= 15 is 0 Å². The molecule has 0 heterocycles. The zero-order valence-corrected chi connectivity index (χ0v) is 14.5. The molecule has 120 valence electrons. The molecule has 0 atom stereocenters. The Labute approximate surface area is 143 Å². The van der Waals surface area contributed by atoms with Gasteiger partial charge in [-0.2, -0.15) is 5.10 Å². The van der Waals surface area contributed by atoms with Gasteiger partial charge in [-0.3, -0.25) is 4.79 Å². The third-order valence-corrected chi connectivity index (χ3v) is 3.51. The van der Waals surface area contributed by atoms with Crippen LogP contribution in [0.15, 0.2) is 58.1 Å². The Morgan fingerprint density at radius 1 is 1.17 bits per heavy atom. The number of nitrogens with one attached hydrogen (secondary N) is 1. The van der Waals surface area contributed by atoms with Gasteiger partial charge in [-0.25, -0.2) is 5.43 Å². The van der Waals surface area contributed by atoms with Gasteiger partial charge in [0.05, 0.1) is 12.8 Å². The van der Waals surface area contributed by atoms with Gasteiger partial charge in [0.2, 0.25) is 0 Å². The standard InChI is InChI=1S/C17H17BrN2O3/c1-12(13-4-3-5-14(18)10-13)19-20-17(21)11-23-16-8-6-15(22-2)7-9-16/h3-10H,11H2,1-2H3,(H,20,21). The summed E-state index contributed by atoms with van der Waals surface area (Å²) in [6, 6.07) is 14.7. The number of nitrogens with zero attached hydrogens (tertiary/aromatic N) is 1. The molecule has 1 amide bonds. The van der Waals surface area contributed by atoms with Crippen LogP contribution in [0.25, 0.3) is 0 Å². The van der Waals surface area contributed by atoms with Crippen LogP contribution in [0.2, 0.25) is 0 Å². The number of carbonyl (C=O) groups is 1. The summed E-state index contributed by atoms with van der Waals surface area (Å²) < 4.78 is 11.4. The summed E-state index contributed by atoms with van der Waals surface area (Å²) in [4.78, 5) is 11.8. The molecule has 0 aliphatic heterocycles. The van der Waals surface area contributed by atoms with Gasteiger partial charge in [-0.1, -0.05) is 28.1 Å². The van der Waals surface area contributed by atoms with E-state index in [1.54, 1.807) is 31.4 Å². The molecular weight excluding hydrogens is 360 g/mol. The molecule has 2 aromatic carbocycles. The van der Waals surface area contributed by atoms with E-state index < -0.39 is 0 Å². The van der Waals surface area contributed by atoms with Crippen molar-refractivity contribution in [3.63, 3.8) is 0 Å². The summed E-state index contributed by atoms with van der Waals surface area (Å²) in [6.07, 6.45) is 0. The summed E-state index contributed by atoms with van der Waals surface area (Å²) in [7, 11) is 1.59. The number of hydrazone groups is 1. The van der Waals surface area contributed by atoms with E-state index in [1.165, 1.54) is 0 Å². The van der Waals surface area contributed by atoms with E-state index in [0.717, 1.165) is 15.8 Å². The minimum atomic E-state index is -0.324. The van der Waals surface area contributed by atoms with E-state index in [9.17, 15) is 4.79 Å². The molecule has 0 fully saturated rings. The molecule has 0 aromatic heterocycles. The predicted octanol–water partition coefficient (Wildman–Crippen LogP) is 3.38. The monoisotopic (exact) mass is 376 g/mol. The molecule has 6 heteroatoms. The molecule has 0 spiro atoms. The van der Waals surface area contributed by atoms with Crippen LogP contribution in [0.4, 0.5) is 0 Å². The van der Waals surface area contributed by atoms with Crippen LogP contribution in [0.5, 0.6) is 11.5 Å². The van der Waals surface area contributed by atoms with Crippen LogP contribution >= 0.6 is 15.9 Å². The normalized spacial score (nSPS) is 11.0. The van der Waals surface area contributed by atoms with Crippen molar-refractivity contribution in [2.24, 2.45) is 5.10 Å². The lowest BCUT2D eigenvalue weighted by molar-refractivity contribution is -0.123. The number of halogens is 1. The average Bonchev–Trinajstić information content (AvgIpc) is 2.58. The lowest BCUT2D eigenvalue weighted by Crippen LogP contribution is -2.25. The quantitative estimate of drug-likeness (QED) is 0.620. The molecule has 0 saturated carbocycles. The molecule has 0 bridgehead atoms. The number of benzene rings is 2. The van der Waals surface area contributed by atoms with Gasteiger partial charge in [-0.15, -0.1) is 0 Å². The molecule has 2 aromatic rings. The molecule has 0 aliphatic rings. The molecular formula is C17H17BrN2O3. The highest BCUT2D eigenvalue weighted by atomic mass is 79.9. The Hall–Kier alpha value is -2.34. The van der Waals surface area contributed by atoms with Crippen LogP contribution in [0.3, 0.4) is 0 Å². The first kappa shape index (κ1) is 17.0. The van der Waals surface area contributed by atoms with Gasteiger partial charge in [-0.05, 0) is 48.9 Å². The topological polar surface area (TPSA) is 59.9 Å². The number of carbonyl (C=O) groups excluding carboxylic acids is 1. The van der Waals surface area contributed by atoms with Crippen LogP contribution in [0, 0.1) is 0 Å². The highest BCUT2D eigenvalue weighted by molar-refractivity contribution is 9.10. The highest BCUT2D eigenvalue weighted by Crippen LogP contribution is 2.16. The molecule has 1 N–H and O–H groups in total. The van der Waals surface area contributed by atoms with Gasteiger partial charge in [0, 0.05) is 4.47 Å². The fourth-order valence-electron chi connectivity index (χ4n) is 1.78. The molecule has 23 heavy (non-hydrogen) atoms. The van der Waals surface area contributed by atoms with Crippen molar-refractivity contribution < 1.29 is 14.3 Å². The Bertz CT molecular complexity index is 699. The van der Waals surface area contributed by atoms with Crippen molar-refractivity contribution in [1.82, 2.24) is 5.43 Å². The number of methoxy groups -OCH3 is 1. The Kier molecular flexibility index (Phi) is 6.17. The number of ether oxygens (including phenoxy) is 2. The second-order valence-electron chi connectivity index (χ2n) is 4.71. The van der Waals surface area contributed by atoms with E-state index in [4.69, 9.17) is 9.47 Å². The molecule has 0 unspecified atom stereocenters. The average molecular weight is 377 g/mol. The highest BCUT2D eigenvalue weighted by Gasteiger charge is 2.03. The lowest BCUT2D eigenvalue weighted by atomic mass is 10.1.